The smallest absolute Gasteiger partial charge is 0.250 e. The first-order valence-corrected chi connectivity index (χ1v) is 11.0. The first-order chi connectivity index (χ1) is 12.8. The van der Waals surface area contributed by atoms with E-state index in [2.05, 4.69) is 10.6 Å². The van der Waals surface area contributed by atoms with Crippen LogP contribution in [-0.4, -0.2) is 36.9 Å². The van der Waals surface area contributed by atoms with Crippen LogP contribution in [0.1, 0.15) is 74.5 Å². The Morgan fingerprint density at radius 1 is 0.962 bits per heavy atom. The molecule has 1 aliphatic carbocycles. The lowest BCUT2D eigenvalue weighted by atomic mass is 9.76. The van der Waals surface area contributed by atoms with Crippen LogP contribution in [0.2, 0.25) is 0 Å². The summed E-state index contributed by atoms with van der Waals surface area (Å²) in [7, 11) is 0. The molecule has 2 bridgehead atoms. The molecule has 1 saturated carbocycles. The topological polar surface area (TPSA) is 35.7 Å². The zero-order valence-corrected chi connectivity index (χ0v) is 15.9. The quantitative estimate of drug-likeness (QED) is 0.880. The second kappa shape index (κ2) is 7.12. The third-order valence-corrected chi connectivity index (χ3v) is 7.61. The van der Waals surface area contributed by atoms with E-state index in [9.17, 15) is 4.79 Å². The lowest BCUT2D eigenvalue weighted by Gasteiger charge is -2.45. The fraction of sp³-hybridized carbons (Fsp3) is 0.773. The van der Waals surface area contributed by atoms with E-state index >= 15 is 0 Å². The Bertz CT molecular complexity index is 701. The van der Waals surface area contributed by atoms with E-state index in [0.29, 0.717) is 17.8 Å². The van der Waals surface area contributed by atoms with Gasteiger partial charge in [0.1, 0.15) is 0 Å². The van der Waals surface area contributed by atoms with E-state index in [1.165, 1.54) is 75.7 Å². The number of nitrogens with one attached hydrogen (secondary N) is 1. The largest absolute Gasteiger partial charge is 0.381 e. The van der Waals surface area contributed by atoms with Crippen LogP contribution in [0.4, 0.5) is 0 Å². The van der Waals surface area contributed by atoms with Crippen molar-refractivity contribution in [1.82, 2.24) is 4.57 Å². The molecule has 0 aromatic carbocycles. The highest BCUT2D eigenvalue weighted by molar-refractivity contribution is 5.30. The molecule has 3 aliphatic heterocycles. The van der Waals surface area contributed by atoms with Gasteiger partial charge in [0.2, 0.25) is 0 Å². The predicted octanol–water partition coefficient (Wildman–Crippen LogP) is 2.08. The summed E-state index contributed by atoms with van der Waals surface area (Å²) in [4.78, 5) is 14.5. The Balaban J connectivity index is 1.47. The second-order valence-corrected chi connectivity index (χ2v) is 9.21. The number of pyridine rings is 1. The Morgan fingerprint density at radius 2 is 1.77 bits per heavy atom. The third-order valence-electron chi connectivity index (χ3n) is 7.61. The van der Waals surface area contributed by atoms with Crippen LogP contribution >= 0.6 is 0 Å². The number of ether oxygens (including phenoxy) is 1. The molecular formula is C22H33N2O2+. The summed E-state index contributed by atoms with van der Waals surface area (Å²) < 4.78 is 7.78. The van der Waals surface area contributed by atoms with Crippen molar-refractivity contribution in [2.45, 2.75) is 75.8 Å². The van der Waals surface area contributed by atoms with Crippen LogP contribution in [0.15, 0.2) is 16.9 Å². The van der Waals surface area contributed by atoms with Gasteiger partial charge in [-0.15, -0.1) is 0 Å². The maximum absolute atomic E-state index is 12.7. The highest BCUT2D eigenvalue weighted by atomic mass is 16.5. The minimum Gasteiger partial charge on any atom is -0.381 e. The Morgan fingerprint density at radius 3 is 2.58 bits per heavy atom. The first-order valence-electron chi connectivity index (χ1n) is 11.0. The van der Waals surface area contributed by atoms with Gasteiger partial charge in [0.25, 0.3) is 5.56 Å². The van der Waals surface area contributed by atoms with Crippen LogP contribution < -0.4 is 10.5 Å². The monoisotopic (exact) mass is 357 g/mol. The number of quaternary nitrogens is 1. The minimum absolute atomic E-state index is 0.240. The standard InChI is InChI=1S/C22H32N2O2/c25-21-7-6-20(17-4-2-1-3-5-17)22-18-12-16(14-24(21)22)13-23(15-18)19-8-10-26-11-9-19/h6-7,16-19H,1-5,8-15H2/p+1/t16-,18+/m0/s1. The van der Waals surface area contributed by atoms with Gasteiger partial charge in [-0.3, -0.25) is 4.79 Å². The number of aromatic nitrogens is 1. The summed E-state index contributed by atoms with van der Waals surface area (Å²) in [6.45, 7) is 5.31. The maximum Gasteiger partial charge on any atom is 0.250 e. The van der Waals surface area contributed by atoms with Crippen molar-refractivity contribution in [3.8, 4) is 0 Å². The zero-order chi connectivity index (χ0) is 17.5. The SMILES string of the molecule is O=c1ccc(C2CCCCC2)c2n1C[C@H]1C[C@@H]2C[NH+](C2CCOCC2)C1. The second-order valence-electron chi connectivity index (χ2n) is 9.21. The molecule has 142 valence electrons. The maximum atomic E-state index is 12.7. The van der Waals surface area contributed by atoms with Crippen molar-refractivity contribution in [3.63, 3.8) is 0 Å². The number of rotatable bonds is 2. The Kier molecular flexibility index (Phi) is 4.66. The van der Waals surface area contributed by atoms with E-state index in [-0.39, 0.29) is 5.56 Å². The predicted molar refractivity (Wildman–Crippen MR) is 102 cm³/mol. The molecule has 0 radical (unpaired) electrons. The lowest BCUT2D eigenvalue weighted by Crippen LogP contribution is -3.18. The molecule has 4 heteroatoms. The minimum atomic E-state index is 0.240. The summed E-state index contributed by atoms with van der Waals surface area (Å²) in [6.07, 6.45) is 10.5. The molecule has 5 rings (SSSR count). The fourth-order valence-electron chi connectivity index (χ4n) is 6.40. The van der Waals surface area contributed by atoms with Gasteiger partial charge in [-0.25, -0.2) is 0 Å². The molecule has 2 saturated heterocycles. The fourth-order valence-corrected chi connectivity index (χ4v) is 6.40. The van der Waals surface area contributed by atoms with Gasteiger partial charge in [0.05, 0.1) is 32.3 Å². The van der Waals surface area contributed by atoms with Crippen molar-refractivity contribution in [1.29, 1.82) is 0 Å². The van der Waals surface area contributed by atoms with Crippen LogP contribution in [0, 0.1) is 5.92 Å². The molecule has 4 aliphatic rings. The number of piperidine rings is 1. The molecule has 1 aromatic heterocycles. The number of fused-ring (bicyclic) bond motifs is 4. The van der Waals surface area contributed by atoms with Gasteiger partial charge in [0, 0.05) is 43.0 Å². The van der Waals surface area contributed by atoms with Gasteiger partial charge in [-0.1, -0.05) is 25.3 Å². The van der Waals surface area contributed by atoms with Crippen LogP contribution in [0.3, 0.4) is 0 Å². The van der Waals surface area contributed by atoms with E-state index in [1.807, 2.05) is 6.07 Å². The molecule has 1 N–H and O–H groups in total. The van der Waals surface area contributed by atoms with Gasteiger partial charge in [0.15, 0.2) is 0 Å². The summed E-state index contributed by atoms with van der Waals surface area (Å²) in [5.74, 6) is 1.96. The average molecular weight is 358 g/mol. The molecule has 4 nitrogen and oxygen atoms in total. The van der Waals surface area contributed by atoms with Crippen molar-refractivity contribution in [2.75, 3.05) is 26.3 Å². The van der Waals surface area contributed by atoms with E-state index in [1.54, 1.807) is 4.90 Å². The molecule has 0 spiro atoms. The van der Waals surface area contributed by atoms with Gasteiger partial charge >= 0.3 is 0 Å². The number of hydrogen-bond acceptors (Lipinski definition) is 2. The van der Waals surface area contributed by atoms with Crippen molar-refractivity contribution in [3.05, 3.63) is 33.7 Å². The average Bonchev–Trinajstić information content (AvgIpc) is 2.70. The summed E-state index contributed by atoms with van der Waals surface area (Å²) in [5.41, 5.74) is 3.20. The molecule has 0 amide bonds. The molecule has 3 atom stereocenters. The first kappa shape index (κ1) is 17.0. The van der Waals surface area contributed by atoms with E-state index in [4.69, 9.17) is 4.74 Å². The number of likely N-dealkylation sites (tertiary alicyclic amines) is 1. The van der Waals surface area contributed by atoms with Crippen molar-refractivity contribution >= 4 is 0 Å². The lowest BCUT2D eigenvalue weighted by molar-refractivity contribution is -0.937. The molecule has 26 heavy (non-hydrogen) atoms. The Labute approximate surface area is 156 Å². The highest BCUT2D eigenvalue weighted by Gasteiger charge is 2.41. The van der Waals surface area contributed by atoms with Gasteiger partial charge in [-0.05, 0) is 30.7 Å². The van der Waals surface area contributed by atoms with Crippen LogP contribution in [-0.2, 0) is 11.3 Å². The molecule has 1 aromatic rings. The Hall–Kier alpha value is -1.13. The molecule has 3 fully saturated rings. The van der Waals surface area contributed by atoms with E-state index < -0.39 is 0 Å². The summed E-state index contributed by atoms with van der Waals surface area (Å²) >= 11 is 0. The number of hydrogen-bond donors (Lipinski definition) is 1. The van der Waals surface area contributed by atoms with Gasteiger partial charge in [-0.2, -0.15) is 0 Å². The van der Waals surface area contributed by atoms with Crippen LogP contribution in [0.25, 0.3) is 0 Å². The van der Waals surface area contributed by atoms with Crippen molar-refractivity contribution in [2.24, 2.45) is 5.92 Å². The molecule has 4 heterocycles. The molecular weight excluding hydrogens is 324 g/mol. The normalized spacial score (nSPS) is 33.0. The molecule has 1 unspecified atom stereocenters. The van der Waals surface area contributed by atoms with Crippen molar-refractivity contribution < 1.29 is 9.64 Å². The third kappa shape index (κ3) is 3.05. The summed E-state index contributed by atoms with van der Waals surface area (Å²) in [6, 6.07) is 4.83. The number of nitrogens with zero attached hydrogens (tertiary/aromatic N) is 1. The van der Waals surface area contributed by atoms with Crippen LogP contribution in [0.5, 0.6) is 0 Å². The van der Waals surface area contributed by atoms with E-state index in [0.717, 1.165) is 25.8 Å². The summed E-state index contributed by atoms with van der Waals surface area (Å²) in [5, 5.41) is 0. The highest BCUT2D eigenvalue weighted by Crippen LogP contribution is 2.40. The van der Waals surface area contributed by atoms with Gasteiger partial charge < -0.3 is 14.2 Å². The zero-order valence-electron chi connectivity index (χ0n) is 15.9.